The average Bonchev–Trinajstić information content (AvgIpc) is 3.08. The van der Waals surface area contributed by atoms with Crippen molar-refractivity contribution in [3.8, 4) is 0 Å². The number of carbonyl (C=O) groups excluding carboxylic acids is 1. The molecule has 0 saturated carbocycles. The van der Waals surface area contributed by atoms with Gasteiger partial charge in [-0.1, -0.05) is 18.2 Å². The van der Waals surface area contributed by atoms with Crippen LogP contribution in [0.15, 0.2) is 30.5 Å². The fourth-order valence-corrected chi connectivity index (χ4v) is 3.11. The van der Waals surface area contributed by atoms with E-state index in [0.29, 0.717) is 19.4 Å². The van der Waals surface area contributed by atoms with E-state index in [-0.39, 0.29) is 31.1 Å². The normalized spacial score (nSPS) is 20.4. The fraction of sp³-hybridized carbons (Fsp3) is 0.438. The van der Waals surface area contributed by atoms with Gasteiger partial charge in [0.05, 0.1) is 12.6 Å². The number of rotatable bonds is 5. The van der Waals surface area contributed by atoms with Gasteiger partial charge in [-0.25, -0.2) is 0 Å². The van der Waals surface area contributed by atoms with Crippen LogP contribution >= 0.6 is 0 Å². The Hall–Kier alpha value is -1.85. The van der Waals surface area contributed by atoms with Crippen LogP contribution < -0.4 is 0 Å². The number of carbonyl (C=O) groups is 1. The highest BCUT2D eigenvalue weighted by Gasteiger charge is 2.33. The van der Waals surface area contributed by atoms with Gasteiger partial charge < -0.3 is 20.1 Å². The lowest BCUT2D eigenvalue weighted by Crippen LogP contribution is -2.40. The lowest BCUT2D eigenvalue weighted by Gasteiger charge is -2.26. The summed E-state index contributed by atoms with van der Waals surface area (Å²) in [6.45, 7) is 0.486. The monoisotopic (exact) mass is 288 g/mol. The standard InChI is InChI=1S/C16H20N2O3/c19-9-11-5-16(21)18(8-11)13(10-20)6-12-7-17-15-4-2-1-3-14(12)15/h1-4,7,11,13,17,19-20H,5-6,8-10H2. The summed E-state index contributed by atoms with van der Waals surface area (Å²) in [5.41, 5.74) is 2.16. The smallest absolute Gasteiger partial charge is 0.223 e. The lowest BCUT2D eigenvalue weighted by molar-refractivity contribution is -0.130. The third kappa shape index (κ3) is 2.66. The molecule has 0 aliphatic carbocycles. The van der Waals surface area contributed by atoms with E-state index < -0.39 is 0 Å². The van der Waals surface area contributed by atoms with E-state index in [2.05, 4.69) is 4.98 Å². The molecule has 2 aromatic rings. The molecule has 0 bridgehead atoms. The van der Waals surface area contributed by atoms with Crippen LogP contribution in [0.5, 0.6) is 0 Å². The molecule has 3 N–H and O–H groups in total. The molecule has 5 heteroatoms. The first kappa shape index (κ1) is 14.1. The average molecular weight is 288 g/mol. The maximum Gasteiger partial charge on any atom is 0.223 e. The van der Waals surface area contributed by atoms with E-state index in [4.69, 9.17) is 0 Å². The second-order valence-corrected chi connectivity index (χ2v) is 5.70. The van der Waals surface area contributed by atoms with Crippen LogP contribution in [-0.4, -0.2) is 51.8 Å². The zero-order chi connectivity index (χ0) is 14.8. The molecule has 1 aliphatic heterocycles. The van der Waals surface area contributed by atoms with Crippen molar-refractivity contribution in [3.63, 3.8) is 0 Å². The second kappa shape index (κ2) is 5.87. The van der Waals surface area contributed by atoms with Crippen molar-refractivity contribution in [3.05, 3.63) is 36.0 Å². The number of aromatic nitrogens is 1. The Kier molecular flexibility index (Phi) is 3.94. The number of fused-ring (bicyclic) bond motifs is 1. The highest BCUT2D eigenvalue weighted by molar-refractivity contribution is 5.83. The van der Waals surface area contributed by atoms with Gasteiger partial charge in [0.1, 0.15) is 0 Å². The molecule has 1 aromatic heterocycles. The van der Waals surface area contributed by atoms with Gasteiger partial charge in [0.25, 0.3) is 0 Å². The fourth-order valence-electron chi connectivity index (χ4n) is 3.11. The SMILES string of the molecule is O=C1CC(CO)CN1C(CO)Cc1c[nH]c2ccccc12. The first-order valence-electron chi connectivity index (χ1n) is 7.29. The van der Waals surface area contributed by atoms with Crippen molar-refractivity contribution in [2.75, 3.05) is 19.8 Å². The highest BCUT2D eigenvalue weighted by atomic mass is 16.3. The summed E-state index contributed by atoms with van der Waals surface area (Å²) in [6, 6.07) is 7.78. The van der Waals surface area contributed by atoms with Crippen LogP contribution in [0.2, 0.25) is 0 Å². The predicted molar refractivity (Wildman–Crippen MR) is 79.8 cm³/mol. The van der Waals surface area contributed by atoms with Gasteiger partial charge in [-0.3, -0.25) is 4.79 Å². The number of benzene rings is 1. The molecule has 2 atom stereocenters. The molecule has 1 saturated heterocycles. The van der Waals surface area contributed by atoms with Crippen molar-refractivity contribution in [2.45, 2.75) is 18.9 Å². The maximum atomic E-state index is 12.0. The molecule has 2 heterocycles. The topological polar surface area (TPSA) is 76.6 Å². The Labute approximate surface area is 123 Å². The molecule has 1 aliphatic rings. The van der Waals surface area contributed by atoms with Gasteiger partial charge in [0, 0.05) is 42.6 Å². The Morgan fingerprint density at radius 1 is 1.33 bits per heavy atom. The number of para-hydroxylation sites is 1. The van der Waals surface area contributed by atoms with Gasteiger partial charge in [-0.2, -0.15) is 0 Å². The lowest BCUT2D eigenvalue weighted by atomic mass is 10.0. The predicted octanol–water partition coefficient (Wildman–Crippen LogP) is 0.912. The summed E-state index contributed by atoms with van der Waals surface area (Å²) in [7, 11) is 0. The zero-order valence-corrected chi connectivity index (χ0v) is 11.8. The number of aliphatic hydroxyl groups is 2. The largest absolute Gasteiger partial charge is 0.396 e. The third-order valence-corrected chi connectivity index (χ3v) is 4.28. The van der Waals surface area contributed by atoms with Crippen LogP contribution in [0.4, 0.5) is 0 Å². The van der Waals surface area contributed by atoms with Gasteiger partial charge in [0.15, 0.2) is 0 Å². The molecule has 1 aromatic carbocycles. The van der Waals surface area contributed by atoms with Crippen molar-refractivity contribution in [2.24, 2.45) is 5.92 Å². The molecule has 112 valence electrons. The molecule has 3 rings (SSSR count). The van der Waals surface area contributed by atoms with E-state index >= 15 is 0 Å². The Balaban J connectivity index is 1.80. The Morgan fingerprint density at radius 2 is 2.14 bits per heavy atom. The second-order valence-electron chi connectivity index (χ2n) is 5.70. The summed E-state index contributed by atoms with van der Waals surface area (Å²) in [4.78, 5) is 17.0. The van der Waals surface area contributed by atoms with E-state index in [1.54, 1.807) is 4.90 Å². The molecule has 0 radical (unpaired) electrons. The minimum absolute atomic E-state index is 0.00508. The van der Waals surface area contributed by atoms with Gasteiger partial charge in [-0.05, 0) is 18.1 Å². The summed E-state index contributed by atoms with van der Waals surface area (Å²) >= 11 is 0. The van der Waals surface area contributed by atoms with Crippen molar-refractivity contribution >= 4 is 16.8 Å². The Morgan fingerprint density at radius 3 is 2.86 bits per heavy atom. The zero-order valence-electron chi connectivity index (χ0n) is 11.8. The van der Waals surface area contributed by atoms with E-state index in [9.17, 15) is 15.0 Å². The van der Waals surface area contributed by atoms with Crippen molar-refractivity contribution < 1.29 is 15.0 Å². The molecule has 1 fully saturated rings. The van der Waals surface area contributed by atoms with Gasteiger partial charge in [0.2, 0.25) is 5.91 Å². The van der Waals surface area contributed by atoms with Gasteiger partial charge in [-0.15, -0.1) is 0 Å². The van der Waals surface area contributed by atoms with Crippen LogP contribution in [0.25, 0.3) is 10.9 Å². The summed E-state index contributed by atoms with van der Waals surface area (Å²) in [5.74, 6) is 0.0162. The number of aromatic amines is 1. The number of likely N-dealkylation sites (tertiary alicyclic amines) is 1. The van der Waals surface area contributed by atoms with E-state index in [0.717, 1.165) is 16.5 Å². The maximum absolute atomic E-state index is 12.0. The van der Waals surface area contributed by atoms with E-state index in [1.807, 2.05) is 30.5 Å². The molecule has 5 nitrogen and oxygen atoms in total. The summed E-state index contributed by atoms with van der Waals surface area (Å²) < 4.78 is 0. The molecule has 21 heavy (non-hydrogen) atoms. The number of nitrogens with one attached hydrogen (secondary N) is 1. The first-order valence-corrected chi connectivity index (χ1v) is 7.29. The minimum Gasteiger partial charge on any atom is -0.396 e. The van der Waals surface area contributed by atoms with Crippen LogP contribution in [0.3, 0.4) is 0 Å². The quantitative estimate of drug-likeness (QED) is 0.765. The van der Waals surface area contributed by atoms with Crippen LogP contribution in [-0.2, 0) is 11.2 Å². The Bertz CT molecular complexity index is 637. The molecule has 0 spiro atoms. The van der Waals surface area contributed by atoms with Crippen molar-refractivity contribution in [1.29, 1.82) is 0 Å². The summed E-state index contributed by atoms with van der Waals surface area (Å²) in [5, 5.41) is 20.0. The van der Waals surface area contributed by atoms with E-state index in [1.165, 1.54) is 0 Å². The van der Waals surface area contributed by atoms with Crippen LogP contribution in [0, 0.1) is 5.92 Å². The number of nitrogens with zero attached hydrogens (tertiary/aromatic N) is 1. The first-order chi connectivity index (χ1) is 10.2. The highest BCUT2D eigenvalue weighted by Crippen LogP contribution is 2.24. The minimum atomic E-state index is -0.228. The van der Waals surface area contributed by atoms with Gasteiger partial charge >= 0.3 is 0 Å². The summed E-state index contributed by atoms with van der Waals surface area (Å²) in [6.07, 6.45) is 2.93. The molecular formula is C16H20N2O3. The van der Waals surface area contributed by atoms with Crippen LogP contribution in [0.1, 0.15) is 12.0 Å². The molecule has 2 unspecified atom stereocenters. The number of amides is 1. The number of hydrogen-bond acceptors (Lipinski definition) is 3. The molecular weight excluding hydrogens is 268 g/mol. The number of hydrogen-bond donors (Lipinski definition) is 3. The van der Waals surface area contributed by atoms with Crippen molar-refractivity contribution in [1.82, 2.24) is 9.88 Å². The molecule has 1 amide bonds. The third-order valence-electron chi connectivity index (χ3n) is 4.28. The number of aliphatic hydroxyl groups excluding tert-OH is 2. The number of H-pyrrole nitrogens is 1.